The zero-order chi connectivity index (χ0) is 16.9. The molecule has 138 valence electrons. The molecule has 0 spiro atoms. The van der Waals surface area contributed by atoms with Gasteiger partial charge in [0.15, 0.2) is 0 Å². The summed E-state index contributed by atoms with van der Waals surface area (Å²) >= 11 is 0. The zero-order valence-electron chi connectivity index (χ0n) is 14.2. The Morgan fingerprint density at radius 2 is 2.24 bits per heavy atom. The SMILES string of the molecule is COc1ccc(NC(=O)C2COCCN2)cc1N1CCCCC1=O.Cl. The van der Waals surface area contributed by atoms with Crippen LogP contribution in [0, 0.1) is 0 Å². The number of hydrogen-bond donors (Lipinski definition) is 2. The van der Waals surface area contributed by atoms with Crippen LogP contribution in [0.4, 0.5) is 11.4 Å². The third-order valence-corrected chi connectivity index (χ3v) is 4.30. The third kappa shape index (κ3) is 4.62. The lowest BCUT2D eigenvalue weighted by atomic mass is 10.1. The lowest BCUT2D eigenvalue weighted by molar-refractivity contribution is -0.121. The summed E-state index contributed by atoms with van der Waals surface area (Å²) in [7, 11) is 1.58. The van der Waals surface area contributed by atoms with Gasteiger partial charge in [-0.1, -0.05) is 0 Å². The van der Waals surface area contributed by atoms with Crippen LogP contribution in [0.5, 0.6) is 5.75 Å². The molecule has 2 fully saturated rings. The Kier molecular flexibility index (Phi) is 7.04. The van der Waals surface area contributed by atoms with Gasteiger partial charge in [-0.15, -0.1) is 12.4 Å². The first-order valence-corrected chi connectivity index (χ1v) is 8.29. The summed E-state index contributed by atoms with van der Waals surface area (Å²) in [5.74, 6) is 0.573. The van der Waals surface area contributed by atoms with Crippen LogP contribution >= 0.6 is 12.4 Å². The largest absolute Gasteiger partial charge is 0.495 e. The molecule has 0 saturated carbocycles. The molecule has 7 nitrogen and oxygen atoms in total. The van der Waals surface area contributed by atoms with E-state index in [1.165, 1.54) is 0 Å². The minimum absolute atomic E-state index is 0. The number of amides is 2. The molecular weight excluding hydrogens is 346 g/mol. The van der Waals surface area contributed by atoms with E-state index >= 15 is 0 Å². The van der Waals surface area contributed by atoms with Gasteiger partial charge in [0.2, 0.25) is 11.8 Å². The summed E-state index contributed by atoms with van der Waals surface area (Å²) in [5.41, 5.74) is 1.34. The molecule has 2 aliphatic heterocycles. The Morgan fingerprint density at radius 3 is 2.92 bits per heavy atom. The summed E-state index contributed by atoms with van der Waals surface area (Å²) in [6.45, 7) is 2.31. The van der Waals surface area contributed by atoms with E-state index in [-0.39, 0.29) is 30.3 Å². The van der Waals surface area contributed by atoms with Gasteiger partial charge in [0, 0.05) is 25.2 Å². The first-order valence-electron chi connectivity index (χ1n) is 8.29. The highest BCUT2D eigenvalue weighted by atomic mass is 35.5. The number of carbonyl (C=O) groups excluding carboxylic acids is 2. The minimum atomic E-state index is -0.360. The van der Waals surface area contributed by atoms with Gasteiger partial charge >= 0.3 is 0 Å². The normalized spacial score (nSPS) is 20.6. The van der Waals surface area contributed by atoms with Crippen molar-refractivity contribution in [1.29, 1.82) is 0 Å². The number of nitrogens with one attached hydrogen (secondary N) is 2. The molecule has 8 heteroatoms. The topological polar surface area (TPSA) is 79.9 Å². The summed E-state index contributed by atoms with van der Waals surface area (Å²) in [6, 6.07) is 4.99. The maximum absolute atomic E-state index is 12.3. The van der Waals surface area contributed by atoms with Gasteiger partial charge in [0.25, 0.3) is 0 Å². The van der Waals surface area contributed by atoms with E-state index in [9.17, 15) is 9.59 Å². The van der Waals surface area contributed by atoms with Crippen molar-refractivity contribution in [3.05, 3.63) is 18.2 Å². The third-order valence-electron chi connectivity index (χ3n) is 4.30. The summed E-state index contributed by atoms with van der Waals surface area (Å²) in [5, 5.41) is 6.00. The van der Waals surface area contributed by atoms with E-state index in [0.29, 0.717) is 49.8 Å². The molecule has 1 aromatic rings. The number of rotatable bonds is 4. The summed E-state index contributed by atoms with van der Waals surface area (Å²) < 4.78 is 10.7. The van der Waals surface area contributed by atoms with Crippen molar-refractivity contribution in [3.63, 3.8) is 0 Å². The minimum Gasteiger partial charge on any atom is -0.495 e. The van der Waals surface area contributed by atoms with E-state index < -0.39 is 0 Å². The average Bonchev–Trinajstić information content (AvgIpc) is 2.63. The molecule has 2 heterocycles. The van der Waals surface area contributed by atoms with Crippen LogP contribution in [0.1, 0.15) is 19.3 Å². The Labute approximate surface area is 153 Å². The average molecular weight is 370 g/mol. The van der Waals surface area contributed by atoms with Crippen LogP contribution in [0.25, 0.3) is 0 Å². The number of methoxy groups -OCH3 is 1. The smallest absolute Gasteiger partial charge is 0.243 e. The number of anilines is 2. The first-order chi connectivity index (χ1) is 11.7. The van der Waals surface area contributed by atoms with Crippen molar-refractivity contribution >= 4 is 35.6 Å². The molecule has 1 aromatic carbocycles. The molecule has 25 heavy (non-hydrogen) atoms. The highest BCUT2D eigenvalue weighted by molar-refractivity contribution is 5.98. The highest BCUT2D eigenvalue weighted by Gasteiger charge is 2.24. The maximum atomic E-state index is 12.3. The number of benzene rings is 1. The summed E-state index contributed by atoms with van der Waals surface area (Å²) in [6.07, 6.45) is 2.43. The van der Waals surface area contributed by atoms with Gasteiger partial charge in [-0.25, -0.2) is 0 Å². The van der Waals surface area contributed by atoms with Crippen LogP contribution in [0.2, 0.25) is 0 Å². The monoisotopic (exact) mass is 369 g/mol. The zero-order valence-corrected chi connectivity index (χ0v) is 15.1. The fourth-order valence-corrected chi connectivity index (χ4v) is 3.00. The van der Waals surface area contributed by atoms with E-state index in [1.54, 1.807) is 30.2 Å². The molecular formula is C17H24ClN3O4. The van der Waals surface area contributed by atoms with E-state index in [2.05, 4.69) is 10.6 Å². The molecule has 0 aliphatic carbocycles. The standard InChI is InChI=1S/C17H23N3O4.ClH/c1-23-15-6-5-12(19-17(22)13-11-24-9-7-18-13)10-14(15)20-8-3-2-4-16(20)21;/h5-6,10,13,18H,2-4,7-9,11H2,1H3,(H,19,22);1H. The number of halogens is 1. The number of hydrogen-bond acceptors (Lipinski definition) is 5. The van der Waals surface area contributed by atoms with Crippen molar-refractivity contribution in [2.24, 2.45) is 0 Å². The van der Waals surface area contributed by atoms with E-state index in [1.807, 2.05) is 0 Å². The van der Waals surface area contributed by atoms with Gasteiger partial charge < -0.3 is 25.0 Å². The molecule has 1 atom stereocenters. The fourth-order valence-electron chi connectivity index (χ4n) is 3.00. The van der Waals surface area contributed by atoms with E-state index in [4.69, 9.17) is 9.47 Å². The fraction of sp³-hybridized carbons (Fsp3) is 0.529. The molecule has 2 saturated heterocycles. The van der Waals surface area contributed by atoms with Gasteiger partial charge in [-0.2, -0.15) is 0 Å². The van der Waals surface area contributed by atoms with Crippen LogP contribution in [-0.4, -0.2) is 51.3 Å². The predicted molar refractivity (Wildman–Crippen MR) is 97.7 cm³/mol. The quantitative estimate of drug-likeness (QED) is 0.842. The highest BCUT2D eigenvalue weighted by Crippen LogP contribution is 2.33. The Hall–Kier alpha value is -1.83. The molecule has 2 amide bonds. The van der Waals surface area contributed by atoms with Crippen molar-refractivity contribution in [2.45, 2.75) is 25.3 Å². The van der Waals surface area contributed by atoms with Gasteiger partial charge in [0.1, 0.15) is 11.8 Å². The molecule has 0 radical (unpaired) electrons. The second-order valence-electron chi connectivity index (χ2n) is 5.96. The molecule has 2 N–H and O–H groups in total. The maximum Gasteiger partial charge on any atom is 0.243 e. The second-order valence-corrected chi connectivity index (χ2v) is 5.96. The van der Waals surface area contributed by atoms with Gasteiger partial charge in [0.05, 0.1) is 26.0 Å². The lowest BCUT2D eigenvalue weighted by Gasteiger charge is -2.29. The number of piperidine rings is 1. The van der Waals surface area contributed by atoms with Gasteiger partial charge in [-0.05, 0) is 31.0 Å². The number of nitrogens with zero attached hydrogens (tertiary/aromatic N) is 1. The second kappa shape index (κ2) is 9.03. The molecule has 3 rings (SSSR count). The lowest BCUT2D eigenvalue weighted by Crippen LogP contribution is -2.48. The molecule has 1 unspecified atom stereocenters. The molecule has 0 bridgehead atoms. The van der Waals surface area contributed by atoms with Crippen molar-refractivity contribution in [2.75, 3.05) is 43.6 Å². The van der Waals surface area contributed by atoms with Crippen molar-refractivity contribution in [1.82, 2.24) is 5.32 Å². The van der Waals surface area contributed by atoms with Crippen LogP contribution < -0.4 is 20.3 Å². The van der Waals surface area contributed by atoms with Crippen molar-refractivity contribution in [3.8, 4) is 5.75 Å². The molecule has 0 aromatic heterocycles. The van der Waals surface area contributed by atoms with Crippen LogP contribution in [0.15, 0.2) is 18.2 Å². The Morgan fingerprint density at radius 1 is 1.40 bits per heavy atom. The molecule has 2 aliphatic rings. The van der Waals surface area contributed by atoms with Crippen LogP contribution in [0.3, 0.4) is 0 Å². The first kappa shape index (κ1) is 19.5. The Balaban J connectivity index is 0.00000225. The van der Waals surface area contributed by atoms with Crippen molar-refractivity contribution < 1.29 is 19.1 Å². The van der Waals surface area contributed by atoms with Gasteiger partial charge in [-0.3, -0.25) is 9.59 Å². The number of ether oxygens (including phenoxy) is 2. The Bertz CT molecular complexity index is 620. The predicted octanol–water partition coefficient (Wildman–Crippen LogP) is 1.56. The number of carbonyl (C=O) groups is 2. The van der Waals surface area contributed by atoms with E-state index in [0.717, 1.165) is 12.8 Å². The van der Waals surface area contributed by atoms with Crippen LogP contribution in [-0.2, 0) is 14.3 Å². The summed E-state index contributed by atoms with van der Waals surface area (Å²) in [4.78, 5) is 26.2. The number of morpholine rings is 1.